The van der Waals surface area contributed by atoms with Crippen LogP contribution in [0.4, 0.5) is 9.52 Å². The quantitative estimate of drug-likeness (QED) is 0.265. The summed E-state index contributed by atoms with van der Waals surface area (Å²) in [5.74, 6) is -0.883. The molecule has 1 amide bonds. The molecule has 3 aromatic carbocycles. The minimum absolute atomic E-state index is 0.318. The molecule has 0 radical (unpaired) electrons. The Hall–Kier alpha value is -3.79. The average Bonchev–Trinajstić information content (AvgIpc) is 3.42. The highest BCUT2D eigenvalue weighted by molar-refractivity contribution is 7.22. The highest BCUT2D eigenvalue weighted by Gasteiger charge is 2.37. The number of rotatable bonds is 5. The van der Waals surface area contributed by atoms with Crippen molar-refractivity contribution in [2.45, 2.75) is 12.1 Å². The maximum absolute atomic E-state index is 14.2. The molecule has 5 N–H and O–H groups in total. The van der Waals surface area contributed by atoms with Crippen molar-refractivity contribution >= 4 is 32.6 Å². The minimum Gasteiger partial charge on any atom is -0.375 e. The van der Waals surface area contributed by atoms with E-state index >= 15 is 0 Å². The molecular weight excluding hydrogens is 441 g/mol. The van der Waals surface area contributed by atoms with Gasteiger partial charge in [0.1, 0.15) is 11.4 Å². The summed E-state index contributed by atoms with van der Waals surface area (Å²) in [6.07, 6.45) is 3.92. The third-order valence-corrected chi connectivity index (χ3v) is 6.48. The molecule has 1 aliphatic rings. The number of benzene rings is 3. The lowest BCUT2D eigenvalue weighted by Gasteiger charge is -2.32. The Balaban J connectivity index is 1.48. The Morgan fingerprint density at radius 3 is 2.70 bits per heavy atom. The molecule has 0 spiro atoms. The largest absolute Gasteiger partial charge is 0.375 e. The van der Waals surface area contributed by atoms with E-state index in [1.807, 2.05) is 53.7 Å². The van der Waals surface area contributed by atoms with Crippen LogP contribution in [0.1, 0.15) is 27.0 Å². The zero-order chi connectivity index (χ0) is 23.0. The van der Waals surface area contributed by atoms with Crippen LogP contribution in [-0.4, -0.2) is 21.1 Å². The number of hydroxylamine groups is 1. The van der Waals surface area contributed by atoms with Crippen molar-refractivity contribution in [3.63, 3.8) is 0 Å². The predicted octanol–water partition coefficient (Wildman–Crippen LogP) is 3.91. The van der Waals surface area contributed by atoms with Crippen LogP contribution in [0.5, 0.6) is 0 Å². The number of carbonyl (C=O) groups excluding carboxylic acids is 1. The maximum atomic E-state index is 14.2. The van der Waals surface area contributed by atoms with E-state index in [-0.39, 0.29) is 5.82 Å². The molecular formula is C24H20FN5O2S. The number of nitrogens with two attached hydrogens (primary N) is 1. The molecule has 0 aliphatic carbocycles. The first-order valence-electron chi connectivity index (χ1n) is 10.2. The molecule has 33 heavy (non-hydrogen) atoms. The number of hydrogen-bond acceptors (Lipinski definition) is 7. The number of nitrogens with one attached hydrogen (secondary N) is 2. The van der Waals surface area contributed by atoms with Gasteiger partial charge in [-0.3, -0.25) is 10.0 Å². The van der Waals surface area contributed by atoms with Crippen molar-refractivity contribution in [1.29, 1.82) is 0 Å². The molecule has 0 fully saturated rings. The summed E-state index contributed by atoms with van der Waals surface area (Å²) in [5.41, 5.74) is 14.1. The summed E-state index contributed by atoms with van der Waals surface area (Å²) in [6.45, 7) is 0.504. The molecule has 0 bridgehead atoms. The lowest BCUT2D eigenvalue weighted by molar-refractivity contribution is 0.0706. The van der Waals surface area contributed by atoms with Gasteiger partial charge in [-0.25, -0.2) is 20.3 Å². The van der Waals surface area contributed by atoms with E-state index in [2.05, 4.69) is 10.4 Å². The highest BCUT2D eigenvalue weighted by Crippen LogP contribution is 2.38. The SMILES string of the molecule is Nc1nc2ccc(C3(c4cccc(F)c4)C=CN(Cc4ccc(C(=O)NO)cc4)N3)cc2s1. The van der Waals surface area contributed by atoms with E-state index in [0.29, 0.717) is 17.2 Å². The second-order valence-corrected chi connectivity index (χ2v) is 8.81. The molecule has 5 rings (SSSR count). The van der Waals surface area contributed by atoms with Crippen molar-refractivity contribution in [2.75, 3.05) is 5.73 Å². The fourth-order valence-electron chi connectivity index (χ4n) is 4.03. The van der Waals surface area contributed by atoms with Crippen LogP contribution in [0.3, 0.4) is 0 Å². The van der Waals surface area contributed by atoms with Crippen molar-refractivity contribution in [2.24, 2.45) is 0 Å². The van der Waals surface area contributed by atoms with Crippen LogP contribution >= 0.6 is 11.3 Å². The van der Waals surface area contributed by atoms with E-state index < -0.39 is 11.4 Å². The van der Waals surface area contributed by atoms with E-state index in [1.54, 1.807) is 23.7 Å². The number of fused-ring (bicyclic) bond motifs is 1. The lowest BCUT2D eigenvalue weighted by Crippen LogP contribution is -2.44. The third kappa shape index (κ3) is 3.93. The zero-order valence-electron chi connectivity index (χ0n) is 17.3. The van der Waals surface area contributed by atoms with Gasteiger partial charge in [0.25, 0.3) is 5.91 Å². The van der Waals surface area contributed by atoms with Crippen molar-refractivity contribution < 1.29 is 14.4 Å². The van der Waals surface area contributed by atoms with Gasteiger partial charge in [-0.1, -0.05) is 41.7 Å². The topological polar surface area (TPSA) is 104 Å². The number of nitrogen functional groups attached to an aromatic ring is 1. The Labute approximate surface area is 192 Å². The molecule has 2 heterocycles. The van der Waals surface area contributed by atoms with E-state index in [9.17, 15) is 9.18 Å². The van der Waals surface area contributed by atoms with Gasteiger partial charge >= 0.3 is 0 Å². The van der Waals surface area contributed by atoms with Crippen LogP contribution < -0.4 is 16.6 Å². The molecule has 4 aromatic rings. The van der Waals surface area contributed by atoms with Gasteiger partial charge in [0, 0.05) is 11.8 Å². The van der Waals surface area contributed by atoms with Gasteiger partial charge in [0.15, 0.2) is 5.13 Å². The van der Waals surface area contributed by atoms with E-state index in [1.165, 1.54) is 23.5 Å². The number of hydrogen-bond donors (Lipinski definition) is 4. The summed E-state index contributed by atoms with van der Waals surface area (Å²) in [5, 5.41) is 11.2. The van der Waals surface area contributed by atoms with Gasteiger partial charge < -0.3 is 10.7 Å². The van der Waals surface area contributed by atoms with Crippen LogP contribution in [0.25, 0.3) is 10.2 Å². The smallest absolute Gasteiger partial charge is 0.274 e. The van der Waals surface area contributed by atoms with Crippen LogP contribution in [-0.2, 0) is 12.1 Å². The number of amides is 1. The Morgan fingerprint density at radius 2 is 1.94 bits per heavy atom. The summed E-state index contributed by atoms with van der Waals surface area (Å²) < 4.78 is 15.1. The molecule has 0 saturated heterocycles. The Morgan fingerprint density at radius 1 is 1.15 bits per heavy atom. The summed E-state index contributed by atoms with van der Waals surface area (Å²) in [6, 6.07) is 19.3. The molecule has 1 unspecified atom stereocenters. The number of hydrazine groups is 1. The number of thiazole rings is 1. The minimum atomic E-state index is -0.786. The molecule has 0 saturated carbocycles. The standard InChI is InChI=1S/C24H20FN5O2S/c25-19-3-1-2-17(12-19)24(18-8-9-20-21(13-18)33-23(26)27-20)10-11-30(29-24)14-15-4-6-16(7-5-15)22(31)28-32/h1-13,29,32H,14H2,(H2,26,27)(H,28,31). The summed E-state index contributed by atoms with van der Waals surface area (Å²) in [7, 11) is 0. The second-order valence-electron chi connectivity index (χ2n) is 7.75. The fraction of sp³-hybridized carbons (Fsp3) is 0.0833. The predicted molar refractivity (Wildman–Crippen MR) is 125 cm³/mol. The second kappa shape index (κ2) is 8.28. The molecule has 9 heteroatoms. The van der Waals surface area contributed by atoms with Crippen LogP contribution in [0.2, 0.25) is 0 Å². The van der Waals surface area contributed by atoms with Crippen LogP contribution in [0.15, 0.2) is 79.0 Å². The monoisotopic (exact) mass is 461 g/mol. The number of carbonyl (C=O) groups is 1. The number of aromatic nitrogens is 1. The normalized spacial score (nSPS) is 17.6. The molecule has 166 valence electrons. The highest BCUT2D eigenvalue weighted by atomic mass is 32.1. The first-order chi connectivity index (χ1) is 16.0. The molecule has 7 nitrogen and oxygen atoms in total. The Kier molecular flexibility index (Phi) is 5.29. The van der Waals surface area contributed by atoms with Crippen molar-refractivity contribution in [1.82, 2.24) is 20.9 Å². The van der Waals surface area contributed by atoms with E-state index in [0.717, 1.165) is 26.9 Å². The van der Waals surface area contributed by atoms with Gasteiger partial charge in [0.2, 0.25) is 0 Å². The zero-order valence-corrected chi connectivity index (χ0v) is 18.1. The molecule has 1 aromatic heterocycles. The van der Waals surface area contributed by atoms with Crippen LogP contribution in [0, 0.1) is 5.82 Å². The van der Waals surface area contributed by atoms with Crippen molar-refractivity contribution in [3.8, 4) is 0 Å². The van der Waals surface area contributed by atoms with Gasteiger partial charge in [-0.15, -0.1) is 0 Å². The average molecular weight is 462 g/mol. The fourth-order valence-corrected chi connectivity index (χ4v) is 4.80. The first-order valence-corrected chi connectivity index (χ1v) is 11.0. The van der Waals surface area contributed by atoms with E-state index in [4.69, 9.17) is 10.9 Å². The van der Waals surface area contributed by atoms with Gasteiger partial charge in [-0.2, -0.15) is 0 Å². The maximum Gasteiger partial charge on any atom is 0.274 e. The number of nitrogens with zero attached hydrogens (tertiary/aromatic N) is 2. The summed E-state index contributed by atoms with van der Waals surface area (Å²) in [4.78, 5) is 15.9. The Bertz CT molecular complexity index is 1370. The van der Waals surface area contributed by atoms with Crippen molar-refractivity contribution in [3.05, 3.63) is 107 Å². The van der Waals surface area contributed by atoms with Gasteiger partial charge in [0.05, 0.1) is 16.8 Å². The first kappa shape index (κ1) is 21.1. The van der Waals surface area contributed by atoms with Gasteiger partial charge in [-0.05, 0) is 59.2 Å². The third-order valence-electron chi connectivity index (χ3n) is 5.64. The summed E-state index contributed by atoms with van der Waals surface area (Å²) >= 11 is 1.41. The number of anilines is 1. The molecule has 1 atom stereocenters. The molecule has 1 aliphatic heterocycles. The number of halogens is 1. The lowest BCUT2D eigenvalue weighted by atomic mass is 9.84.